The van der Waals surface area contributed by atoms with E-state index in [0.29, 0.717) is 24.8 Å². The van der Waals surface area contributed by atoms with Crippen LogP contribution in [0, 0.1) is 19.8 Å². The minimum atomic E-state index is 0.0782. The molecular weight excluding hydrogens is 272 g/mol. The van der Waals surface area contributed by atoms with Gasteiger partial charge in [0.1, 0.15) is 0 Å². The first-order valence-electron chi connectivity index (χ1n) is 5.16. The Bertz CT molecular complexity index is 423. The van der Waals surface area contributed by atoms with E-state index in [2.05, 4.69) is 31.1 Å². The van der Waals surface area contributed by atoms with Crippen LogP contribution in [0.3, 0.4) is 0 Å². The zero-order chi connectivity index (χ0) is 11.7. The fraction of sp³-hybridized carbons (Fsp3) is 0.600. The summed E-state index contributed by atoms with van der Waals surface area (Å²) < 4.78 is 0. The highest BCUT2D eigenvalue weighted by atomic mass is 79.9. The second-order valence-corrected chi connectivity index (χ2v) is 4.66. The van der Waals surface area contributed by atoms with E-state index >= 15 is 0 Å². The van der Waals surface area contributed by atoms with Gasteiger partial charge in [0.2, 0.25) is 5.91 Å². The number of hydrogen-bond donors (Lipinski definition) is 0. The Kier molecular flexibility index (Phi) is 3.18. The molecule has 0 aromatic carbocycles. The second kappa shape index (κ2) is 4.45. The van der Waals surface area contributed by atoms with Gasteiger partial charge < -0.3 is 0 Å². The molecule has 0 spiro atoms. The molecule has 86 valence electrons. The number of aryl methyl sites for hydroxylation is 2. The Morgan fingerprint density at radius 3 is 2.69 bits per heavy atom. The van der Waals surface area contributed by atoms with Crippen molar-refractivity contribution in [2.45, 2.75) is 20.3 Å². The molecule has 0 aliphatic carbocycles. The highest BCUT2D eigenvalue weighted by Crippen LogP contribution is 2.23. The lowest BCUT2D eigenvalue weighted by Crippen LogP contribution is -2.27. The second-order valence-electron chi connectivity index (χ2n) is 4.01. The van der Waals surface area contributed by atoms with Crippen LogP contribution in [0.5, 0.6) is 0 Å². The molecule has 0 bridgehead atoms. The first kappa shape index (κ1) is 11.4. The molecule has 1 amide bonds. The molecule has 1 aromatic rings. The third-order valence-electron chi connectivity index (χ3n) is 2.75. The van der Waals surface area contributed by atoms with Crippen LogP contribution < -0.4 is 4.90 Å². The number of carbonyl (C=O) groups is 1. The van der Waals surface area contributed by atoms with Crippen LogP contribution in [0.25, 0.3) is 0 Å². The summed E-state index contributed by atoms with van der Waals surface area (Å²) in [4.78, 5) is 17.6. The average molecular weight is 285 g/mol. The van der Waals surface area contributed by atoms with Crippen LogP contribution in [0.2, 0.25) is 0 Å². The summed E-state index contributed by atoms with van der Waals surface area (Å²) in [6.07, 6.45) is 0.557. The van der Waals surface area contributed by atoms with Gasteiger partial charge in [-0.05, 0) is 19.8 Å². The van der Waals surface area contributed by atoms with Crippen LogP contribution in [0.1, 0.15) is 17.8 Å². The van der Waals surface area contributed by atoms with Gasteiger partial charge in [0.25, 0.3) is 5.95 Å². The Hall–Kier alpha value is -1.04. The van der Waals surface area contributed by atoms with Crippen molar-refractivity contribution in [3.05, 3.63) is 11.4 Å². The van der Waals surface area contributed by atoms with Crippen LogP contribution >= 0.6 is 15.9 Å². The molecule has 2 rings (SSSR count). The van der Waals surface area contributed by atoms with Gasteiger partial charge in [-0.15, -0.1) is 5.10 Å². The predicted octanol–water partition coefficient (Wildman–Crippen LogP) is 1.24. The van der Waals surface area contributed by atoms with E-state index in [0.717, 1.165) is 16.7 Å². The number of amides is 1. The SMILES string of the molecule is Cc1nnc(N2CC(CBr)CC2=O)nc1C. The first-order chi connectivity index (χ1) is 7.61. The molecular formula is C10H13BrN4O. The highest BCUT2D eigenvalue weighted by Gasteiger charge is 2.31. The van der Waals surface area contributed by atoms with E-state index in [1.54, 1.807) is 4.90 Å². The van der Waals surface area contributed by atoms with Gasteiger partial charge in [0.15, 0.2) is 0 Å². The maximum atomic E-state index is 11.7. The predicted molar refractivity (Wildman–Crippen MR) is 63.6 cm³/mol. The molecule has 0 radical (unpaired) electrons. The lowest BCUT2D eigenvalue weighted by molar-refractivity contribution is -0.117. The molecule has 0 N–H and O–H groups in total. The quantitative estimate of drug-likeness (QED) is 0.767. The summed E-state index contributed by atoms with van der Waals surface area (Å²) in [6.45, 7) is 4.40. The van der Waals surface area contributed by atoms with Crippen LogP contribution in [0.15, 0.2) is 0 Å². The van der Waals surface area contributed by atoms with Crippen molar-refractivity contribution >= 4 is 27.8 Å². The number of halogens is 1. The number of nitrogens with zero attached hydrogens (tertiary/aromatic N) is 4. The monoisotopic (exact) mass is 284 g/mol. The summed E-state index contributed by atoms with van der Waals surface area (Å²) in [5, 5.41) is 8.79. The zero-order valence-electron chi connectivity index (χ0n) is 9.27. The lowest BCUT2D eigenvalue weighted by Gasteiger charge is -2.13. The topological polar surface area (TPSA) is 59.0 Å². The molecule has 16 heavy (non-hydrogen) atoms. The Labute approximate surface area is 102 Å². The molecule has 1 saturated heterocycles. The summed E-state index contributed by atoms with van der Waals surface area (Å²) >= 11 is 3.39. The van der Waals surface area contributed by atoms with Gasteiger partial charge in [-0.2, -0.15) is 5.10 Å². The molecule has 1 atom stereocenters. The van der Waals surface area contributed by atoms with E-state index in [4.69, 9.17) is 0 Å². The molecule has 0 saturated carbocycles. The fourth-order valence-corrected chi connectivity index (χ4v) is 2.07. The largest absolute Gasteiger partial charge is 0.279 e. The van der Waals surface area contributed by atoms with Gasteiger partial charge >= 0.3 is 0 Å². The summed E-state index contributed by atoms with van der Waals surface area (Å²) in [5.41, 5.74) is 1.62. The molecule has 5 nitrogen and oxygen atoms in total. The van der Waals surface area contributed by atoms with Crippen molar-refractivity contribution in [3.63, 3.8) is 0 Å². The van der Waals surface area contributed by atoms with Crippen molar-refractivity contribution < 1.29 is 4.79 Å². The summed E-state index contributed by atoms with van der Waals surface area (Å²) in [6, 6.07) is 0. The Morgan fingerprint density at radius 1 is 1.38 bits per heavy atom. The maximum Gasteiger partial charge on any atom is 0.252 e. The normalized spacial score (nSPS) is 20.6. The number of hydrogen-bond acceptors (Lipinski definition) is 4. The van der Waals surface area contributed by atoms with E-state index in [1.165, 1.54) is 0 Å². The molecule has 1 aromatic heterocycles. The van der Waals surface area contributed by atoms with Gasteiger partial charge in [-0.1, -0.05) is 15.9 Å². The van der Waals surface area contributed by atoms with Gasteiger partial charge in [-0.25, -0.2) is 4.98 Å². The van der Waals surface area contributed by atoms with E-state index in [1.807, 2.05) is 13.8 Å². The van der Waals surface area contributed by atoms with Crippen LogP contribution in [-0.4, -0.2) is 33.0 Å². The Balaban J connectivity index is 2.24. The number of carbonyl (C=O) groups excluding carboxylic acids is 1. The highest BCUT2D eigenvalue weighted by molar-refractivity contribution is 9.09. The van der Waals surface area contributed by atoms with Gasteiger partial charge in [0, 0.05) is 18.3 Å². The summed E-state index contributed by atoms with van der Waals surface area (Å²) in [7, 11) is 0. The molecule has 6 heteroatoms. The summed E-state index contributed by atoms with van der Waals surface area (Å²) in [5.74, 6) is 0.851. The van der Waals surface area contributed by atoms with Crippen molar-refractivity contribution in [2.75, 3.05) is 16.8 Å². The minimum Gasteiger partial charge on any atom is -0.279 e. The van der Waals surface area contributed by atoms with Gasteiger partial charge in [-0.3, -0.25) is 9.69 Å². The van der Waals surface area contributed by atoms with Crippen LogP contribution in [0.4, 0.5) is 5.95 Å². The maximum absolute atomic E-state index is 11.7. The minimum absolute atomic E-state index is 0.0782. The standard InChI is InChI=1S/C10H13BrN4O/c1-6-7(2)13-14-10(12-6)15-5-8(4-11)3-9(15)16/h8H,3-5H2,1-2H3. The van der Waals surface area contributed by atoms with E-state index in [-0.39, 0.29) is 5.91 Å². The van der Waals surface area contributed by atoms with Crippen molar-refractivity contribution in [1.29, 1.82) is 0 Å². The number of alkyl halides is 1. The number of aromatic nitrogens is 3. The number of rotatable bonds is 2. The van der Waals surface area contributed by atoms with E-state index < -0.39 is 0 Å². The molecule has 1 unspecified atom stereocenters. The van der Waals surface area contributed by atoms with Crippen molar-refractivity contribution in [3.8, 4) is 0 Å². The fourth-order valence-electron chi connectivity index (χ4n) is 1.64. The molecule has 1 aliphatic rings. The number of anilines is 1. The average Bonchev–Trinajstić information content (AvgIpc) is 2.64. The molecule has 2 heterocycles. The third kappa shape index (κ3) is 2.07. The smallest absolute Gasteiger partial charge is 0.252 e. The van der Waals surface area contributed by atoms with E-state index in [9.17, 15) is 4.79 Å². The first-order valence-corrected chi connectivity index (χ1v) is 6.28. The zero-order valence-corrected chi connectivity index (χ0v) is 10.9. The lowest BCUT2D eigenvalue weighted by atomic mass is 10.2. The molecule has 1 fully saturated rings. The molecule has 1 aliphatic heterocycles. The van der Waals surface area contributed by atoms with Crippen LogP contribution in [-0.2, 0) is 4.79 Å². The van der Waals surface area contributed by atoms with Gasteiger partial charge in [0.05, 0.1) is 11.4 Å². The third-order valence-corrected chi connectivity index (χ3v) is 3.66. The van der Waals surface area contributed by atoms with Crippen molar-refractivity contribution in [2.24, 2.45) is 5.92 Å². The van der Waals surface area contributed by atoms with Crippen molar-refractivity contribution in [1.82, 2.24) is 15.2 Å². The Morgan fingerprint density at radius 2 is 2.12 bits per heavy atom.